The number of ether oxygens (including phenoxy) is 1. The first kappa shape index (κ1) is 19.3. The number of nitrogens with zero attached hydrogens (tertiary/aromatic N) is 1. The highest BCUT2D eigenvalue weighted by Gasteiger charge is 2.29. The maximum Gasteiger partial charge on any atom is 0.225 e. The van der Waals surface area contributed by atoms with Crippen LogP contribution in [0.15, 0.2) is 24.3 Å². The Morgan fingerprint density at radius 3 is 2.44 bits per heavy atom. The third-order valence-corrected chi connectivity index (χ3v) is 5.16. The molecular formula is C20H30N2O3. The topological polar surface area (TPSA) is 58.6 Å². The number of carbonyl (C=O) groups excluding carboxylic acids is 2. The maximum atomic E-state index is 12.4. The minimum Gasteiger partial charge on any atom is -0.496 e. The molecule has 138 valence electrons. The molecule has 2 rings (SSSR count). The molecule has 25 heavy (non-hydrogen) atoms. The van der Waals surface area contributed by atoms with Gasteiger partial charge in [-0.1, -0.05) is 32.0 Å². The van der Waals surface area contributed by atoms with Crippen molar-refractivity contribution < 1.29 is 14.3 Å². The standard InChI is InChI=1S/C20H30N2O3/c1-4-15(5-2)20(24)22-12-10-16(11-13-22)19(23)21-14-17-8-6-7-9-18(17)25-3/h6-9,15-16H,4-5,10-14H2,1-3H3,(H,21,23). The van der Waals surface area contributed by atoms with Crippen LogP contribution in [0.5, 0.6) is 5.75 Å². The van der Waals surface area contributed by atoms with Gasteiger partial charge < -0.3 is 15.0 Å². The van der Waals surface area contributed by atoms with E-state index >= 15 is 0 Å². The average Bonchev–Trinajstić information content (AvgIpc) is 2.67. The van der Waals surface area contributed by atoms with Crippen LogP contribution < -0.4 is 10.1 Å². The Morgan fingerprint density at radius 2 is 1.84 bits per heavy atom. The van der Waals surface area contributed by atoms with Gasteiger partial charge in [0.15, 0.2) is 0 Å². The first-order valence-corrected chi connectivity index (χ1v) is 9.29. The fourth-order valence-corrected chi connectivity index (χ4v) is 3.43. The van der Waals surface area contributed by atoms with Crippen LogP contribution in [-0.2, 0) is 16.1 Å². The van der Waals surface area contributed by atoms with Crippen LogP contribution in [0.4, 0.5) is 0 Å². The molecule has 1 fully saturated rings. The van der Waals surface area contributed by atoms with Gasteiger partial charge in [0.1, 0.15) is 5.75 Å². The minimum atomic E-state index is -0.0135. The quantitative estimate of drug-likeness (QED) is 0.826. The zero-order valence-corrected chi connectivity index (χ0v) is 15.6. The number of hydrogen-bond donors (Lipinski definition) is 1. The lowest BCUT2D eigenvalue weighted by Crippen LogP contribution is -2.44. The second kappa shape index (κ2) is 9.44. The largest absolute Gasteiger partial charge is 0.496 e. The molecule has 1 saturated heterocycles. The van der Waals surface area contributed by atoms with Gasteiger partial charge in [0.2, 0.25) is 11.8 Å². The number of nitrogens with one attached hydrogen (secondary N) is 1. The van der Waals surface area contributed by atoms with Crippen molar-refractivity contribution in [2.45, 2.75) is 46.1 Å². The summed E-state index contributed by atoms with van der Waals surface area (Å²) in [5.74, 6) is 1.21. The minimum absolute atomic E-state index is 0.0135. The van der Waals surface area contributed by atoms with Crippen molar-refractivity contribution in [1.82, 2.24) is 10.2 Å². The van der Waals surface area contributed by atoms with Crippen LogP contribution in [0.1, 0.15) is 45.1 Å². The Bertz CT molecular complexity index is 576. The van der Waals surface area contributed by atoms with Gasteiger partial charge in [-0.3, -0.25) is 9.59 Å². The third kappa shape index (κ3) is 4.97. The lowest BCUT2D eigenvalue weighted by molar-refractivity contribution is -0.139. The van der Waals surface area contributed by atoms with Crippen LogP contribution in [0.3, 0.4) is 0 Å². The maximum absolute atomic E-state index is 12.4. The van der Waals surface area contributed by atoms with Crippen LogP contribution in [0.2, 0.25) is 0 Å². The summed E-state index contributed by atoms with van der Waals surface area (Å²) in [4.78, 5) is 26.8. The number of rotatable bonds is 7. The fraction of sp³-hybridized carbons (Fsp3) is 0.600. The van der Waals surface area contributed by atoms with Gasteiger partial charge in [-0.25, -0.2) is 0 Å². The van der Waals surface area contributed by atoms with E-state index in [1.807, 2.05) is 29.2 Å². The van der Waals surface area contributed by atoms with Gasteiger partial charge >= 0.3 is 0 Å². The molecule has 1 N–H and O–H groups in total. The number of carbonyl (C=O) groups is 2. The highest BCUT2D eigenvalue weighted by atomic mass is 16.5. The predicted octanol–water partition coefficient (Wildman–Crippen LogP) is 2.99. The van der Waals surface area contributed by atoms with Gasteiger partial charge in [-0.15, -0.1) is 0 Å². The lowest BCUT2D eigenvalue weighted by Gasteiger charge is -2.33. The van der Waals surface area contributed by atoms with Gasteiger partial charge in [0.05, 0.1) is 7.11 Å². The summed E-state index contributed by atoms with van der Waals surface area (Å²) >= 11 is 0. The molecule has 1 aliphatic rings. The zero-order valence-electron chi connectivity index (χ0n) is 15.6. The third-order valence-electron chi connectivity index (χ3n) is 5.16. The van der Waals surface area contributed by atoms with Crippen molar-refractivity contribution >= 4 is 11.8 Å². The van der Waals surface area contributed by atoms with E-state index in [1.54, 1.807) is 7.11 Å². The van der Waals surface area contributed by atoms with Crippen molar-refractivity contribution in [1.29, 1.82) is 0 Å². The first-order valence-electron chi connectivity index (χ1n) is 9.29. The van der Waals surface area contributed by atoms with Crippen LogP contribution in [0, 0.1) is 11.8 Å². The monoisotopic (exact) mass is 346 g/mol. The highest BCUT2D eigenvalue weighted by Crippen LogP contribution is 2.22. The number of likely N-dealkylation sites (tertiary alicyclic amines) is 1. The van der Waals surface area contributed by atoms with Crippen LogP contribution >= 0.6 is 0 Å². The molecule has 1 aromatic rings. The molecule has 0 bridgehead atoms. The number of methoxy groups -OCH3 is 1. The summed E-state index contributed by atoms with van der Waals surface area (Å²) in [5, 5.41) is 3.01. The van der Waals surface area contributed by atoms with E-state index in [9.17, 15) is 9.59 Å². The predicted molar refractivity (Wildman–Crippen MR) is 98.2 cm³/mol. The summed E-state index contributed by atoms with van der Waals surface area (Å²) in [6.07, 6.45) is 3.25. The number of para-hydroxylation sites is 1. The van der Waals surface area contributed by atoms with Gasteiger partial charge in [-0.2, -0.15) is 0 Å². The van der Waals surface area contributed by atoms with Crippen molar-refractivity contribution in [3.63, 3.8) is 0 Å². The molecule has 0 unspecified atom stereocenters. The second-order valence-electron chi connectivity index (χ2n) is 6.64. The molecule has 0 aromatic heterocycles. The molecule has 0 radical (unpaired) electrons. The fourth-order valence-electron chi connectivity index (χ4n) is 3.43. The Kier molecular flexibility index (Phi) is 7.29. The van der Waals surface area contributed by atoms with E-state index in [0.717, 1.165) is 37.0 Å². The van der Waals surface area contributed by atoms with Crippen molar-refractivity contribution in [3.8, 4) is 5.75 Å². The van der Waals surface area contributed by atoms with E-state index in [0.29, 0.717) is 19.6 Å². The Hall–Kier alpha value is -2.04. The van der Waals surface area contributed by atoms with Gasteiger partial charge in [0.25, 0.3) is 0 Å². The molecule has 2 amide bonds. The summed E-state index contributed by atoms with van der Waals surface area (Å²) in [6, 6.07) is 7.70. The van der Waals surface area contributed by atoms with E-state index in [2.05, 4.69) is 19.2 Å². The second-order valence-corrected chi connectivity index (χ2v) is 6.64. The van der Waals surface area contributed by atoms with E-state index in [1.165, 1.54) is 0 Å². The smallest absolute Gasteiger partial charge is 0.225 e. The molecule has 5 heteroatoms. The SMILES string of the molecule is CCC(CC)C(=O)N1CCC(C(=O)NCc2ccccc2OC)CC1. The van der Waals surface area contributed by atoms with Gasteiger partial charge in [0, 0.05) is 37.0 Å². The van der Waals surface area contributed by atoms with Crippen molar-refractivity contribution in [2.75, 3.05) is 20.2 Å². The molecular weight excluding hydrogens is 316 g/mol. The molecule has 1 heterocycles. The summed E-state index contributed by atoms with van der Waals surface area (Å²) in [7, 11) is 1.63. The van der Waals surface area contributed by atoms with E-state index in [4.69, 9.17) is 4.74 Å². The van der Waals surface area contributed by atoms with Crippen LogP contribution in [0.25, 0.3) is 0 Å². The number of amides is 2. The zero-order chi connectivity index (χ0) is 18.2. The number of benzene rings is 1. The van der Waals surface area contributed by atoms with E-state index < -0.39 is 0 Å². The summed E-state index contributed by atoms with van der Waals surface area (Å²) < 4.78 is 5.31. The normalized spacial score (nSPS) is 15.3. The number of hydrogen-bond acceptors (Lipinski definition) is 3. The molecule has 0 saturated carbocycles. The Labute approximate surface area is 150 Å². The molecule has 0 atom stereocenters. The lowest BCUT2D eigenvalue weighted by atomic mass is 9.93. The molecule has 1 aromatic carbocycles. The molecule has 0 aliphatic carbocycles. The Morgan fingerprint density at radius 1 is 1.20 bits per heavy atom. The van der Waals surface area contributed by atoms with Crippen molar-refractivity contribution in [3.05, 3.63) is 29.8 Å². The summed E-state index contributed by atoms with van der Waals surface area (Å²) in [5.41, 5.74) is 0.972. The molecule has 5 nitrogen and oxygen atoms in total. The molecule has 0 spiro atoms. The Balaban J connectivity index is 1.82. The average molecular weight is 346 g/mol. The van der Waals surface area contributed by atoms with Crippen molar-refractivity contribution in [2.24, 2.45) is 11.8 Å². The van der Waals surface area contributed by atoms with E-state index in [-0.39, 0.29) is 23.7 Å². The van der Waals surface area contributed by atoms with Crippen LogP contribution in [-0.4, -0.2) is 36.9 Å². The first-order chi connectivity index (χ1) is 12.1. The summed E-state index contributed by atoms with van der Waals surface area (Å²) in [6.45, 7) is 5.95. The van der Waals surface area contributed by atoms with Gasteiger partial charge in [-0.05, 0) is 31.7 Å². The number of piperidine rings is 1. The highest BCUT2D eigenvalue weighted by molar-refractivity contribution is 5.81. The molecule has 1 aliphatic heterocycles.